The number of hydrogen-bond donors (Lipinski definition) is 2. The molecule has 4 aromatic rings. The minimum atomic E-state index is -1.00. The van der Waals surface area contributed by atoms with Gasteiger partial charge in [-0.3, -0.25) is 4.90 Å². The van der Waals surface area contributed by atoms with E-state index >= 15 is 8.78 Å². The zero-order valence-corrected chi connectivity index (χ0v) is 29.8. The lowest BCUT2D eigenvalue weighted by molar-refractivity contribution is -0.00807. The number of nitrogens with zero attached hydrogens (tertiary/aromatic N) is 5. The summed E-state index contributed by atoms with van der Waals surface area (Å²) in [6, 6.07) is 5.83. The number of piperidine rings is 2. The Morgan fingerprint density at radius 3 is 2.65 bits per heavy atom. The maximum atomic E-state index is 17.2. The third-order valence-electron chi connectivity index (χ3n) is 11.8. The number of hydrogen-bond acceptors (Lipinski definition) is 10. The summed E-state index contributed by atoms with van der Waals surface area (Å²) in [5.41, 5.74) is -1.40. The van der Waals surface area contributed by atoms with E-state index in [-0.39, 0.29) is 62.7 Å². The number of fused-ring (bicyclic) bond motifs is 3. The molecule has 8 rings (SSSR count). The Morgan fingerprint density at radius 2 is 1.88 bits per heavy atom. The van der Waals surface area contributed by atoms with Crippen molar-refractivity contribution in [3.63, 3.8) is 0 Å². The second-order valence-electron chi connectivity index (χ2n) is 15.4. The molecule has 2 aromatic heterocycles. The topological polar surface area (TPSA) is 113 Å². The number of aromatic hydroxyl groups is 1. The van der Waals surface area contributed by atoms with E-state index in [9.17, 15) is 10.2 Å². The van der Waals surface area contributed by atoms with Gasteiger partial charge in [0, 0.05) is 48.6 Å². The number of anilines is 1. The quantitative estimate of drug-likeness (QED) is 0.204. The van der Waals surface area contributed by atoms with Crippen molar-refractivity contribution in [2.24, 2.45) is 11.3 Å². The minimum Gasteiger partial charge on any atom is -0.508 e. The van der Waals surface area contributed by atoms with Crippen molar-refractivity contribution < 1.29 is 33.2 Å². The molecule has 1 aliphatic carbocycles. The minimum absolute atomic E-state index is 0.0169. The summed E-state index contributed by atoms with van der Waals surface area (Å²) in [4.78, 5) is 18.7. The van der Waals surface area contributed by atoms with Crippen LogP contribution in [-0.2, 0) is 4.74 Å². The number of aromatic nitrogens is 3. The molecule has 4 atom stereocenters. The summed E-state index contributed by atoms with van der Waals surface area (Å²) in [6.45, 7) is 6.69. The molecule has 52 heavy (non-hydrogen) atoms. The maximum Gasteiger partial charge on any atom is 0.319 e. The van der Waals surface area contributed by atoms with E-state index in [0.29, 0.717) is 49.2 Å². The number of aliphatic hydroxyl groups is 1. The van der Waals surface area contributed by atoms with Crippen LogP contribution >= 0.6 is 0 Å². The van der Waals surface area contributed by atoms with Crippen molar-refractivity contribution in [2.75, 3.05) is 58.0 Å². The monoisotopic (exact) mass is 713 g/mol. The van der Waals surface area contributed by atoms with Gasteiger partial charge in [0.15, 0.2) is 5.82 Å². The molecule has 0 radical (unpaired) electrons. The Kier molecular flexibility index (Phi) is 9.08. The first-order valence-electron chi connectivity index (χ1n) is 18.4. The number of pyridine rings is 1. The van der Waals surface area contributed by atoms with Crippen LogP contribution in [0.5, 0.6) is 17.6 Å². The summed E-state index contributed by atoms with van der Waals surface area (Å²) >= 11 is 0. The van der Waals surface area contributed by atoms with E-state index < -0.39 is 17.2 Å². The number of phenolic OH excluding ortho intramolecular Hbond substituents is 1. The molecular weight excluding hydrogens is 668 g/mol. The molecule has 1 saturated carbocycles. The molecule has 0 spiro atoms. The highest BCUT2D eigenvalue weighted by molar-refractivity contribution is 6.04. The lowest BCUT2D eigenvalue weighted by atomic mass is 9.75. The molecule has 10 nitrogen and oxygen atoms in total. The molecule has 2 N–H and O–H groups in total. The smallest absolute Gasteiger partial charge is 0.319 e. The Bertz CT molecular complexity index is 2060. The Hall–Kier alpha value is -4.31. The van der Waals surface area contributed by atoms with E-state index in [1.54, 1.807) is 6.92 Å². The zero-order valence-electron chi connectivity index (χ0n) is 29.8. The third kappa shape index (κ3) is 6.16. The number of β-amino-alcohol motifs (C(OH)–C–C–N with tert-alkyl or cyclic N) is 1. The van der Waals surface area contributed by atoms with Gasteiger partial charge in [-0.15, -0.1) is 6.42 Å². The number of ether oxygens (including phenoxy) is 3. The maximum absolute atomic E-state index is 17.2. The largest absolute Gasteiger partial charge is 0.508 e. The number of benzene rings is 2. The van der Waals surface area contributed by atoms with E-state index in [1.807, 2.05) is 4.90 Å². The van der Waals surface area contributed by atoms with Crippen LogP contribution in [0.4, 0.5) is 14.6 Å². The average molecular weight is 714 g/mol. The summed E-state index contributed by atoms with van der Waals surface area (Å²) in [6.07, 6.45) is 13.5. The number of rotatable bonds is 8. The number of methoxy groups -OCH3 is 1. The Morgan fingerprint density at radius 1 is 1.06 bits per heavy atom. The predicted molar refractivity (Wildman–Crippen MR) is 194 cm³/mol. The summed E-state index contributed by atoms with van der Waals surface area (Å²) in [7, 11) is 1.42. The molecule has 4 fully saturated rings. The Labute approximate surface area is 302 Å². The van der Waals surface area contributed by atoms with Crippen LogP contribution < -0.4 is 14.4 Å². The van der Waals surface area contributed by atoms with Crippen molar-refractivity contribution in [2.45, 2.75) is 69.9 Å². The fourth-order valence-electron chi connectivity index (χ4n) is 9.37. The second-order valence-corrected chi connectivity index (χ2v) is 15.4. The van der Waals surface area contributed by atoms with Gasteiger partial charge in [-0.1, -0.05) is 18.4 Å². The molecule has 274 valence electrons. The van der Waals surface area contributed by atoms with Crippen molar-refractivity contribution in [3.05, 3.63) is 41.5 Å². The molecule has 2 aromatic carbocycles. The predicted octanol–water partition coefficient (Wildman–Crippen LogP) is 6.22. The van der Waals surface area contributed by atoms with Crippen LogP contribution in [0, 0.1) is 35.3 Å². The molecule has 4 aliphatic rings. The van der Waals surface area contributed by atoms with Crippen LogP contribution in [0.3, 0.4) is 0 Å². The van der Waals surface area contributed by atoms with Crippen LogP contribution in [-0.4, -0.2) is 94.8 Å². The highest BCUT2D eigenvalue weighted by Crippen LogP contribution is 2.49. The van der Waals surface area contributed by atoms with Gasteiger partial charge in [0.05, 0.1) is 31.5 Å². The first-order chi connectivity index (χ1) is 25.1. The van der Waals surface area contributed by atoms with Gasteiger partial charge in [0.2, 0.25) is 5.88 Å². The molecule has 3 saturated heterocycles. The van der Waals surface area contributed by atoms with Crippen LogP contribution in [0.15, 0.2) is 24.3 Å². The third-order valence-corrected chi connectivity index (χ3v) is 11.8. The van der Waals surface area contributed by atoms with Gasteiger partial charge in [0.1, 0.15) is 34.0 Å². The Balaban J connectivity index is 1.25. The lowest BCUT2D eigenvalue weighted by Gasteiger charge is -2.47. The van der Waals surface area contributed by atoms with Gasteiger partial charge >= 0.3 is 6.01 Å². The first kappa shape index (κ1) is 34.8. The highest BCUT2D eigenvalue weighted by Gasteiger charge is 2.49. The van der Waals surface area contributed by atoms with Gasteiger partial charge < -0.3 is 29.3 Å². The lowest BCUT2D eigenvalue weighted by Crippen LogP contribution is -2.53. The van der Waals surface area contributed by atoms with Crippen molar-refractivity contribution in [1.82, 2.24) is 19.9 Å². The van der Waals surface area contributed by atoms with E-state index in [0.717, 1.165) is 64.8 Å². The number of likely N-dealkylation sites (tertiary alicyclic amines) is 1. The molecule has 0 amide bonds. The average Bonchev–Trinajstić information content (AvgIpc) is 3.81. The normalized spacial score (nSPS) is 26.5. The number of phenols is 1. The number of terminal acetylenes is 1. The molecule has 1 unspecified atom stereocenters. The van der Waals surface area contributed by atoms with Crippen LogP contribution in [0.2, 0.25) is 0 Å². The SMILES string of the molecule is C#Cc1c(F)ccc2cc(O)cc(-c3nc(OC)c4c(N5CCC[C@@](C)(O)C5)nc(OC[C@]56CCC[C@H]5N(CC5CCOC5)CCC6)nc4c3F)c12. The summed E-state index contributed by atoms with van der Waals surface area (Å²) in [5.74, 6) is 1.65. The van der Waals surface area contributed by atoms with Gasteiger partial charge in [-0.05, 0) is 87.9 Å². The van der Waals surface area contributed by atoms with Gasteiger partial charge in [0.25, 0.3) is 0 Å². The standard InChI is InChI=1S/C40H45F2N5O5/c1-4-27-29(41)10-9-25-18-26(48)19-28(31(25)27)34-33(42)35-32(37(43-34)50-3)36(47-16-6-12-39(2,49)22-47)45-38(44-35)52-23-40-13-5-8-30(40)46(15-7-14-40)20-24-11-17-51-21-24/h1,9-10,18-19,24,30,48-49H,5-8,11-17,20-23H2,2-3H3/t24?,30-,39-,40-/m1/s1. The molecule has 5 heterocycles. The summed E-state index contributed by atoms with van der Waals surface area (Å²) in [5, 5.41) is 22.7. The van der Waals surface area contributed by atoms with Crippen molar-refractivity contribution in [1.29, 1.82) is 0 Å². The second kappa shape index (κ2) is 13.6. The fraction of sp³-hybridized carbons (Fsp3) is 0.525. The first-order valence-corrected chi connectivity index (χ1v) is 18.4. The van der Waals surface area contributed by atoms with E-state index in [1.165, 1.54) is 31.4 Å². The van der Waals surface area contributed by atoms with Gasteiger partial charge in [-0.25, -0.2) is 13.8 Å². The van der Waals surface area contributed by atoms with Crippen LogP contribution in [0.25, 0.3) is 32.9 Å². The molecular formula is C40H45F2N5O5. The van der Waals surface area contributed by atoms with Crippen LogP contribution in [0.1, 0.15) is 63.9 Å². The number of halogens is 2. The van der Waals surface area contributed by atoms with Crippen molar-refractivity contribution in [3.8, 4) is 41.2 Å². The molecule has 0 bridgehead atoms. The molecule has 3 aliphatic heterocycles. The van der Waals surface area contributed by atoms with Gasteiger partial charge in [-0.2, -0.15) is 9.97 Å². The highest BCUT2D eigenvalue weighted by atomic mass is 19.1. The summed E-state index contributed by atoms with van der Waals surface area (Å²) < 4.78 is 50.3. The zero-order chi connectivity index (χ0) is 36.2. The van der Waals surface area contributed by atoms with E-state index in [4.69, 9.17) is 30.6 Å². The van der Waals surface area contributed by atoms with Crippen molar-refractivity contribution >= 4 is 27.5 Å². The molecule has 12 heteroatoms. The van der Waals surface area contributed by atoms with E-state index in [2.05, 4.69) is 15.8 Å². The fourth-order valence-corrected chi connectivity index (χ4v) is 9.37.